The number of nitrogens with one attached hydrogen (secondary N) is 3. The van der Waals surface area contributed by atoms with Crippen LogP contribution in [0.4, 0.5) is 11.4 Å². The van der Waals surface area contributed by atoms with E-state index < -0.39 is 0 Å². The molecule has 3 rings (SSSR count). The SMILES string of the molecule is Cn1cnc(CCNC(=O)c2cccc3c2NCCN3)n1. The molecule has 2 heterocycles. The maximum absolute atomic E-state index is 12.3. The molecule has 0 unspecified atom stereocenters. The lowest BCUT2D eigenvalue weighted by Crippen LogP contribution is -2.29. The minimum Gasteiger partial charge on any atom is -0.382 e. The molecule has 110 valence electrons. The highest BCUT2D eigenvalue weighted by Gasteiger charge is 2.16. The fourth-order valence-electron chi connectivity index (χ4n) is 2.35. The number of hydrogen-bond donors (Lipinski definition) is 3. The first-order valence-corrected chi connectivity index (χ1v) is 6.97. The summed E-state index contributed by atoms with van der Waals surface area (Å²) in [6.07, 6.45) is 2.27. The van der Waals surface area contributed by atoms with Gasteiger partial charge in [-0.1, -0.05) is 6.07 Å². The first-order valence-electron chi connectivity index (χ1n) is 6.97. The van der Waals surface area contributed by atoms with Gasteiger partial charge in [-0.15, -0.1) is 0 Å². The lowest BCUT2D eigenvalue weighted by atomic mass is 10.1. The third kappa shape index (κ3) is 2.96. The van der Waals surface area contributed by atoms with Crippen molar-refractivity contribution in [3.05, 3.63) is 35.9 Å². The highest BCUT2D eigenvalue weighted by Crippen LogP contribution is 2.28. The van der Waals surface area contributed by atoms with Gasteiger partial charge in [0.2, 0.25) is 0 Å². The van der Waals surface area contributed by atoms with Crippen molar-refractivity contribution in [2.24, 2.45) is 7.05 Å². The number of carbonyl (C=O) groups is 1. The molecule has 1 amide bonds. The van der Waals surface area contributed by atoms with Crippen LogP contribution >= 0.6 is 0 Å². The Hall–Kier alpha value is -2.57. The number of hydrogen-bond acceptors (Lipinski definition) is 5. The van der Waals surface area contributed by atoms with Crippen molar-refractivity contribution in [1.29, 1.82) is 0 Å². The van der Waals surface area contributed by atoms with Crippen LogP contribution in [0.5, 0.6) is 0 Å². The number of aromatic nitrogens is 3. The number of amides is 1. The van der Waals surface area contributed by atoms with Crippen LogP contribution in [0, 0.1) is 0 Å². The zero-order valence-corrected chi connectivity index (χ0v) is 11.9. The van der Waals surface area contributed by atoms with Crippen molar-refractivity contribution >= 4 is 17.3 Å². The molecule has 3 N–H and O–H groups in total. The van der Waals surface area contributed by atoms with Crippen LogP contribution in [-0.4, -0.2) is 40.3 Å². The smallest absolute Gasteiger partial charge is 0.253 e. The zero-order valence-electron chi connectivity index (χ0n) is 11.9. The normalized spacial score (nSPS) is 13.0. The number of carbonyl (C=O) groups excluding carboxylic acids is 1. The van der Waals surface area contributed by atoms with Crippen molar-refractivity contribution in [3.63, 3.8) is 0 Å². The van der Waals surface area contributed by atoms with Crippen molar-refractivity contribution in [2.45, 2.75) is 6.42 Å². The predicted octanol–water partition coefficient (Wildman–Crippen LogP) is 0.625. The minimum absolute atomic E-state index is 0.0843. The number of anilines is 2. The summed E-state index contributed by atoms with van der Waals surface area (Å²) in [5.74, 6) is 0.645. The lowest BCUT2D eigenvalue weighted by molar-refractivity contribution is 0.0955. The highest BCUT2D eigenvalue weighted by atomic mass is 16.1. The minimum atomic E-state index is -0.0843. The maximum Gasteiger partial charge on any atom is 0.253 e. The van der Waals surface area contributed by atoms with Crippen molar-refractivity contribution in [3.8, 4) is 0 Å². The Morgan fingerprint density at radius 2 is 2.24 bits per heavy atom. The van der Waals surface area contributed by atoms with E-state index in [1.807, 2.05) is 25.2 Å². The van der Waals surface area contributed by atoms with Gasteiger partial charge in [-0.3, -0.25) is 9.48 Å². The molecule has 0 spiro atoms. The van der Waals surface area contributed by atoms with E-state index in [0.29, 0.717) is 18.5 Å². The summed E-state index contributed by atoms with van der Waals surface area (Å²) in [7, 11) is 1.82. The Bertz CT molecular complexity index is 651. The first-order chi connectivity index (χ1) is 10.2. The van der Waals surface area contributed by atoms with Gasteiger partial charge in [-0.25, -0.2) is 4.98 Å². The van der Waals surface area contributed by atoms with Crippen LogP contribution in [-0.2, 0) is 13.5 Å². The Morgan fingerprint density at radius 1 is 1.38 bits per heavy atom. The molecule has 0 fully saturated rings. The standard InChI is InChI=1S/C14H18N6O/c1-20-9-18-12(19-20)5-6-17-14(21)10-3-2-4-11-13(10)16-8-7-15-11/h2-4,9,15-16H,5-8H2,1H3,(H,17,21). The van der Waals surface area contributed by atoms with E-state index in [0.717, 1.165) is 30.3 Å². The summed E-state index contributed by atoms with van der Waals surface area (Å²) in [6, 6.07) is 5.68. The summed E-state index contributed by atoms with van der Waals surface area (Å²) >= 11 is 0. The highest BCUT2D eigenvalue weighted by molar-refractivity contribution is 6.02. The molecule has 1 aromatic carbocycles. The van der Waals surface area contributed by atoms with E-state index in [1.54, 1.807) is 11.0 Å². The van der Waals surface area contributed by atoms with E-state index in [4.69, 9.17) is 0 Å². The van der Waals surface area contributed by atoms with Gasteiger partial charge in [0.15, 0.2) is 5.82 Å². The Kier molecular flexibility index (Phi) is 3.72. The molecule has 1 aliphatic rings. The average Bonchev–Trinajstić information content (AvgIpc) is 2.92. The van der Waals surface area contributed by atoms with Gasteiger partial charge in [-0.2, -0.15) is 5.10 Å². The van der Waals surface area contributed by atoms with Crippen LogP contribution in [0.1, 0.15) is 16.2 Å². The maximum atomic E-state index is 12.3. The largest absolute Gasteiger partial charge is 0.382 e. The van der Waals surface area contributed by atoms with Crippen molar-refractivity contribution in [2.75, 3.05) is 30.3 Å². The number of benzene rings is 1. The Morgan fingerprint density at radius 3 is 3.05 bits per heavy atom. The molecule has 2 aromatic rings. The van der Waals surface area contributed by atoms with Gasteiger partial charge < -0.3 is 16.0 Å². The second-order valence-electron chi connectivity index (χ2n) is 4.92. The molecule has 7 heteroatoms. The Balaban J connectivity index is 1.63. The molecule has 21 heavy (non-hydrogen) atoms. The summed E-state index contributed by atoms with van der Waals surface area (Å²) < 4.78 is 1.65. The molecule has 0 saturated heterocycles. The molecule has 1 aliphatic heterocycles. The topological polar surface area (TPSA) is 83.9 Å². The van der Waals surface area contributed by atoms with E-state index in [9.17, 15) is 4.79 Å². The second kappa shape index (κ2) is 5.82. The van der Waals surface area contributed by atoms with Crippen LogP contribution in [0.15, 0.2) is 24.5 Å². The number of aryl methyl sites for hydroxylation is 1. The Labute approximate surface area is 122 Å². The van der Waals surface area contributed by atoms with Crippen LogP contribution in [0.2, 0.25) is 0 Å². The number of nitrogens with zero attached hydrogens (tertiary/aromatic N) is 3. The fraction of sp³-hybridized carbons (Fsp3) is 0.357. The van der Waals surface area contributed by atoms with E-state index in [1.165, 1.54) is 0 Å². The molecule has 0 atom stereocenters. The monoisotopic (exact) mass is 286 g/mol. The molecule has 0 bridgehead atoms. The average molecular weight is 286 g/mol. The van der Waals surface area contributed by atoms with Crippen LogP contribution in [0.25, 0.3) is 0 Å². The van der Waals surface area contributed by atoms with Crippen LogP contribution < -0.4 is 16.0 Å². The molecular weight excluding hydrogens is 268 g/mol. The molecule has 0 radical (unpaired) electrons. The van der Waals surface area contributed by atoms with Crippen molar-refractivity contribution < 1.29 is 4.79 Å². The molecule has 7 nitrogen and oxygen atoms in total. The van der Waals surface area contributed by atoms with E-state index in [-0.39, 0.29) is 5.91 Å². The number of rotatable bonds is 4. The molecular formula is C14H18N6O. The third-order valence-corrected chi connectivity index (χ3v) is 3.33. The zero-order chi connectivity index (χ0) is 14.7. The summed E-state index contributed by atoms with van der Waals surface area (Å²) in [5, 5.41) is 13.6. The predicted molar refractivity (Wildman–Crippen MR) is 80.5 cm³/mol. The van der Waals surface area contributed by atoms with Crippen molar-refractivity contribution in [1.82, 2.24) is 20.1 Å². The molecule has 0 aliphatic carbocycles. The quantitative estimate of drug-likeness (QED) is 0.767. The molecule has 0 saturated carbocycles. The number of fused-ring (bicyclic) bond motifs is 1. The number of para-hydroxylation sites is 1. The van der Waals surface area contributed by atoms with Gasteiger partial charge in [0.05, 0.1) is 16.9 Å². The summed E-state index contributed by atoms with van der Waals surface area (Å²) in [4.78, 5) is 16.4. The van der Waals surface area contributed by atoms with Gasteiger partial charge in [0.1, 0.15) is 6.33 Å². The van der Waals surface area contributed by atoms with E-state index >= 15 is 0 Å². The van der Waals surface area contributed by atoms with E-state index in [2.05, 4.69) is 26.0 Å². The van der Waals surface area contributed by atoms with Gasteiger partial charge >= 0.3 is 0 Å². The first kappa shape index (κ1) is 13.4. The summed E-state index contributed by atoms with van der Waals surface area (Å²) in [5.41, 5.74) is 2.51. The van der Waals surface area contributed by atoms with Gasteiger partial charge in [0, 0.05) is 33.1 Å². The van der Waals surface area contributed by atoms with Gasteiger partial charge in [-0.05, 0) is 12.1 Å². The third-order valence-electron chi connectivity index (χ3n) is 3.33. The second-order valence-corrected chi connectivity index (χ2v) is 4.92. The lowest BCUT2D eigenvalue weighted by Gasteiger charge is -2.22. The fourth-order valence-corrected chi connectivity index (χ4v) is 2.35. The summed E-state index contributed by atoms with van der Waals surface area (Å²) in [6.45, 7) is 2.19. The van der Waals surface area contributed by atoms with Gasteiger partial charge in [0.25, 0.3) is 5.91 Å². The molecule has 1 aromatic heterocycles. The van der Waals surface area contributed by atoms with Crippen LogP contribution in [0.3, 0.4) is 0 Å².